The van der Waals surface area contributed by atoms with Crippen LogP contribution < -0.4 is 4.57 Å². The molecule has 8 rings (SSSR count). The van der Waals surface area contributed by atoms with E-state index in [-0.39, 0.29) is 0 Å². The molecular formula is C38H28NO+. The number of fused-ring (bicyclic) bond motifs is 10. The van der Waals surface area contributed by atoms with Crippen LogP contribution in [0.25, 0.3) is 76.6 Å². The lowest BCUT2D eigenvalue weighted by molar-refractivity contribution is -0.644. The highest BCUT2D eigenvalue weighted by atomic mass is 16.3. The molecule has 8 aromatic rings. The Kier molecular flexibility index (Phi) is 4.27. The maximum Gasteiger partial charge on any atom is 0.221 e. The molecule has 6 aromatic carbocycles. The molecule has 40 heavy (non-hydrogen) atoms. The van der Waals surface area contributed by atoms with Crippen LogP contribution in [0.5, 0.6) is 0 Å². The van der Waals surface area contributed by atoms with Crippen molar-refractivity contribution in [3.8, 4) is 22.3 Å². The Labute approximate surface area is 236 Å². The lowest BCUT2D eigenvalue weighted by atomic mass is 9.91. The summed E-state index contributed by atoms with van der Waals surface area (Å²) in [5.41, 5.74) is 8.38. The Morgan fingerprint density at radius 1 is 0.575 bits per heavy atom. The molecule has 0 N–H and O–H groups in total. The van der Waals surface area contributed by atoms with E-state index in [0.29, 0.717) is 11.1 Å². The molecule has 0 amide bonds. The summed E-state index contributed by atoms with van der Waals surface area (Å²) in [7, 11) is 1.98. The summed E-state index contributed by atoms with van der Waals surface area (Å²) < 4.78 is 34.2. The second kappa shape index (κ2) is 8.53. The van der Waals surface area contributed by atoms with Gasteiger partial charge in [0, 0.05) is 26.3 Å². The van der Waals surface area contributed by atoms with Crippen LogP contribution in [0.2, 0.25) is 0 Å². The van der Waals surface area contributed by atoms with E-state index < -0.39 is 6.85 Å². The lowest BCUT2D eigenvalue weighted by Gasteiger charge is -2.12. The van der Waals surface area contributed by atoms with Gasteiger partial charge in [0.1, 0.15) is 18.2 Å². The molecule has 2 nitrogen and oxygen atoms in total. The number of rotatable bonds is 2. The number of hydrogen-bond acceptors (Lipinski definition) is 1. The van der Waals surface area contributed by atoms with Gasteiger partial charge in [-0.15, -0.1) is 0 Å². The zero-order valence-corrected chi connectivity index (χ0v) is 22.3. The summed E-state index contributed by atoms with van der Waals surface area (Å²) in [6, 6.07) is 37.5. The quantitative estimate of drug-likeness (QED) is 0.165. The van der Waals surface area contributed by atoms with E-state index in [0.717, 1.165) is 65.5 Å². The topological polar surface area (TPSA) is 17.0 Å². The van der Waals surface area contributed by atoms with Gasteiger partial charge in [-0.3, -0.25) is 0 Å². The average Bonchev–Trinajstić information content (AvgIpc) is 3.39. The van der Waals surface area contributed by atoms with Crippen molar-refractivity contribution in [2.75, 3.05) is 0 Å². The predicted molar refractivity (Wildman–Crippen MR) is 168 cm³/mol. The molecule has 0 radical (unpaired) electrons. The monoisotopic (exact) mass is 517 g/mol. The fourth-order valence-corrected chi connectivity index (χ4v) is 6.39. The van der Waals surface area contributed by atoms with E-state index in [1.54, 1.807) is 6.07 Å². The predicted octanol–water partition coefficient (Wildman–Crippen LogP) is 9.82. The molecule has 190 valence electrons. The van der Waals surface area contributed by atoms with Crippen LogP contribution in [-0.2, 0) is 7.05 Å². The summed E-state index contributed by atoms with van der Waals surface area (Å²) in [5.74, 6) is 0. The Hall–Kier alpha value is -4.95. The number of hydrogen-bond donors (Lipinski definition) is 0. The normalized spacial score (nSPS) is 13.3. The van der Waals surface area contributed by atoms with E-state index in [4.69, 9.17) is 8.53 Å². The van der Waals surface area contributed by atoms with Gasteiger partial charge >= 0.3 is 0 Å². The van der Waals surface area contributed by atoms with Gasteiger partial charge in [-0.2, -0.15) is 0 Å². The largest absolute Gasteiger partial charge is 0.455 e. The van der Waals surface area contributed by atoms with Gasteiger partial charge in [0.15, 0.2) is 6.20 Å². The number of benzene rings is 6. The first-order chi connectivity index (χ1) is 20.8. The van der Waals surface area contributed by atoms with Gasteiger partial charge in [-0.25, -0.2) is 4.57 Å². The second-order valence-corrected chi connectivity index (χ2v) is 10.7. The Morgan fingerprint density at radius 2 is 1.25 bits per heavy atom. The molecule has 0 unspecified atom stereocenters. The van der Waals surface area contributed by atoms with Crippen LogP contribution in [0, 0.1) is 13.8 Å². The van der Waals surface area contributed by atoms with Crippen molar-refractivity contribution in [3.63, 3.8) is 0 Å². The summed E-state index contributed by atoms with van der Waals surface area (Å²) in [6.45, 7) is -0.202. The summed E-state index contributed by atoms with van der Waals surface area (Å²) in [6.07, 6.45) is 1.86. The van der Waals surface area contributed by atoms with Gasteiger partial charge in [0.2, 0.25) is 5.52 Å². The Morgan fingerprint density at radius 3 is 2.05 bits per heavy atom. The zero-order valence-electron chi connectivity index (χ0n) is 25.3. The molecule has 0 saturated heterocycles. The third-order valence-electron chi connectivity index (χ3n) is 8.34. The average molecular weight is 518 g/mol. The molecule has 0 aliphatic carbocycles. The summed E-state index contributed by atoms with van der Waals surface area (Å²) in [4.78, 5) is 0. The number of furan rings is 1. The van der Waals surface area contributed by atoms with E-state index in [1.165, 1.54) is 11.1 Å². The van der Waals surface area contributed by atoms with Crippen molar-refractivity contribution in [1.29, 1.82) is 0 Å². The molecule has 0 saturated carbocycles. The van der Waals surface area contributed by atoms with Crippen molar-refractivity contribution in [2.45, 2.75) is 13.8 Å². The minimum atomic E-state index is -2.29. The second-order valence-electron chi connectivity index (χ2n) is 10.7. The van der Waals surface area contributed by atoms with Crippen molar-refractivity contribution in [1.82, 2.24) is 0 Å². The zero-order chi connectivity index (χ0) is 29.5. The highest BCUT2D eigenvalue weighted by Gasteiger charge is 2.22. The van der Waals surface area contributed by atoms with E-state index in [9.17, 15) is 0 Å². The smallest absolute Gasteiger partial charge is 0.221 e. The van der Waals surface area contributed by atoms with Crippen LogP contribution in [0.15, 0.2) is 120 Å². The van der Waals surface area contributed by atoms with Crippen molar-refractivity contribution >= 4 is 54.4 Å². The third-order valence-corrected chi connectivity index (χ3v) is 8.34. The number of pyridine rings is 1. The fraction of sp³-hybridized carbons (Fsp3) is 0.0789. The summed E-state index contributed by atoms with van der Waals surface area (Å²) >= 11 is 0. The molecule has 0 bridgehead atoms. The van der Waals surface area contributed by atoms with Crippen molar-refractivity contribution in [3.05, 3.63) is 127 Å². The van der Waals surface area contributed by atoms with Crippen LogP contribution in [0.1, 0.15) is 15.2 Å². The maximum absolute atomic E-state index is 8.46. The van der Waals surface area contributed by atoms with Gasteiger partial charge in [0.05, 0.1) is 10.8 Å². The molecule has 2 heterocycles. The van der Waals surface area contributed by atoms with E-state index >= 15 is 0 Å². The third kappa shape index (κ3) is 3.26. The Balaban J connectivity index is 1.43. The first-order valence-electron chi connectivity index (χ1n) is 15.1. The fourth-order valence-electron chi connectivity index (χ4n) is 6.39. The molecule has 2 heteroatoms. The molecule has 0 aliphatic heterocycles. The van der Waals surface area contributed by atoms with Gasteiger partial charge < -0.3 is 4.42 Å². The highest BCUT2D eigenvalue weighted by molar-refractivity contribution is 6.32. The summed E-state index contributed by atoms with van der Waals surface area (Å²) in [5, 5.41) is 6.70. The molecule has 2 aromatic heterocycles. The van der Waals surface area contributed by atoms with Crippen LogP contribution in [0.4, 0.5) is 0 Å². The highest BCUT2D eigenvalue weighted by Crippen LogP contribution is 2.43. The first-order valence-corrected chi connectivity index (χ1v) is 13.6. The van der Waals surface area contributed by atoms with Gasteiger partial charge in [0.25, 0.3) is 0 Å². The number of aryl methyl sites for hydroxylation is 3. The molecular weight excluding hydrogens is 486 g/mol. The van der Waals surface area contributed by atoms with Crippen LogP contribution in [0.3, 0.4) is 0 Å². The standard InChI is InChI=1S/C38H28NO/c1-23-8-7-11-30-31-18-19-32-29-17-16-28(27-14-12-26(13-15-27)25-9-5-4-6-10-25)22-33(29)40-38(32)36(31)35-24(2)20-21-39(3)37(35)34(23)30/h4-22H,1-3H3/q+1/i2D3. The first kappa shape index (κ1) is 20.0. The Bertz CT molecular complexity index is 2390. The van der Waals surface area contributed by atoms with Gasteiger partial charge in [-0.05, 0) is 76.1 Å². The minimum Gasteiger partial charge on any atom is -0.455 e. The SMILES string of the molecule is [2H]C([2H])([2H])c1cc[n+](C)c2c3c(C)cccc3c3ccc4c5ccc(-c6ccc(-c7ccccc7)cc6)cc5oc4c3c12. The minimum absolute atomic E-state index is 0.336. The molecule has 0 aliphatic rings. The molecule has 0 spiro atoms. The molecule has 0 fully saturated rings. The van der Waals surface area contributed by atoms with Crippen LogP contribution >= 0.6 is 0 Å². The van der Waals surface area contributed by atoms with E-state index in [1.807, 2.05) is 23.9 Å². The van der Waals surface area contributed by atoms with Crippen LogP contribution in [-0.4, -0.2) is 0 Å². The number of nitrogens with zero attached hydrogens (tertiary/aromatic N) is 1. The number of aromatic nitrogens is 1. The maximum atomic E-state index is 8.46. The molecule has 0 atom stereocenters. The lowest BCUT2D eigenvalue weighted by Crippen LogP contribution is -2.28. The van der Waals surface area contributed by atoms with Gasteiger partial charge in [-0.1, -0.05) is 84.9 Å². The van der Waals surface area contributed by atoms with Crippen molar-refractivity contribution in [2.24, 2.45) is 7.05 Å². The van der Waals surface area contributed by atoms with Crippen molar-refractivity contribution < 1.29 is 13.1 Å². The van der Waals surface area contributed by atoms with E-state index in [2.05, 4.69) is 104 Å².